The number of rotatable bonds is 8. The number of halogens is 2. The first kappa shape index (κ1) is 24.1. The van der Waals surface area contributed by atoms with E-state index < -0.39 is 29.8 Å². The van der Waals surface area contributed by atoms with Crippen molar-refractivity contribution >= 4 is 34.5 Å². The van der Waals surface area contributed by atoms with Crippen LogP contribution in [0.1, 0.15) is 22.3 Å². The van der Waals surface area contributed by atoms with E-state index in [1.165, 1.54) is 36.4 Å². The van der Waals surface area contributed by atoms with Crippen LogP contribution >= 0.6 is 11.6 Å². The maximum Gasteiger partial charge on any atom is 0.332 e. The van der Waals surface area contributed by atoms with E-state index >= 15 is 0 Å². The fourth-order valence-corrected chi connectivity index (χ4v) is 3.88. The molecule has 0 aliphatic rings. The lowest BCUT2D eigenvalue weighted by Crippen LogP contribution is -2.40. The Morgan fingerprint density at radius 2 is 1.83 bits per heavy atom. The molecule has 1 heterocycles. The van der Waals surface area contributed by atoms with E-state index in [9.17, 15) is 24.3 Å². The van der Waals surface area contributed by atoms with Crippen LogP contribution in [-0.2, 0) is 11.2 Å². The van der Waals surface area contributed by atoms with Gasteiger partial charge in [0.15, 0.2) is 6.10 Å². The van der Waals surface area contributed by atoms with Gasteiger partial charge in [-0.15, -0.1) is 5.10 Å². The van der Waals surface area contributed by atoms with Crippen LogP contribution in [0.5, 0.6) is 0 Å². The molecule has 0 saturated carbocycles. The standard InChI is InChI=1S/C24H20ClFN4O5/c25-16-6-7-19(26)18(11-16)14-3-1-13(2-4-14)9-17(12-22(31)24(33)34)27-23(32)15-5-8-20-21(10-15)30(35)29-28-20/h1-8,10-11,17,22,31,35H,9,12H2,(H,27,32)(H,33,34)/t17-,22-/m1/s1. The Morgan fingerprint density at radius 1 is 1.09 bits per heavy atom. The molecule has 0 saturated heterocycles. The van der Waals surface area contributed by atoms with E-state index in [0.717, 1.165) is 5.56 Å². The van der Waals surface area contributed by atoms with Gasteiger partial charge in [-0.1, -0.05) is 40.7 Å². The van der Waals surface area contributed by atoms with Crippen LogP contribution in [0.4, 0.5) is 4.39 Å². The highest BCUT2D eigenvalue weighted by Gasteiger charge is 2.23. The van der Waals surface area contributed by atoms with Gasteiger partial charge < -0.3 is 20.7 Å². The summed E-state index contributed by atoms with van der Waals surface area (Å²) in [5.41, 5.74) is 2.47. The summed E-state index contributed by atoms with van der Waals surface area (Å²) in [6, 6.07) is 14.8. The molecule has 4 aromatic rings. The number of nitrogens with one attached hydrogen (secondary N) is 1. The average Bonchev–Trinajstić information content (AvgIpc) is 3.21. The Labute approximate surface area is 203 Å². The van der Waals surface area contributed by atoms with Crippen molar-refractivity contribution in [1.82, 2.24) is 20.5 Å². The molecule has 3 aromatic carbocycles. The lowest BCUT2D eigenvalue weighted by Gasteiger charge is -2.21. The van der Waals surface area contributed by atoms with Gasteiger partial charge in [0.05, 0.1) is 0 Å². The lowest BCUT2D eigenvalue weighted by atomic mass is 9.97. The van der Waals surface area contributed by atoms with Crippen molar-refractivity contribution in [2.75, 3.05) is 0 Å². The number of aliphatic hydroxyl groups excluding tert-OH is 1. The quantitative estimate of drug-likeness (QED) is 0.273. The van der Waals surface area contributed by atoms with Crippen LogP contribution in [0.3, 0.4) is 0 Å². The summed E-state index contributed by atoms with van der Waals surface area (Å²) in [7, 11) is 0. The highest BCUT2D eigenvalue weighted by Crippen LogP contribution is 2.26. The minimum atomic E-state index is -1.69. The number of amides is 1. The zero-order valence-corrected chi connectivity index (χ0v) is 18.9. The van der Waals surface area contributed by atoms with E-state index in [2.05, 4.69) is 15.6 Å². The smallest absolute Gasteiger partial charge is 0.332 e. The van der Waals surface area contributed by atoms with Gasteiger partial charge in [0.1, 0.15) is 16.9 Å². The third kappa shape index (κ3) is 5.56. The van der Waals surface area contributed by atoms with Gasteiger partial charge in [-0.25, -0.2) is 9.18 Å². The predicted octanol–water partition coefficient (Wildman–Crippen LogP) is 3.30. The van der Waals surface area contributed by atoms with E-state index in [0.29, 0.717) is 26.5 Å². The van der Waals surface area contributed by atoms with Gasteiger partial charge in [0.2, 0.25) is 0 Å². The van der Waals surface area contributed by atoms with Gasteiger partial charge in [-0.05, 0) is 59.2 Å². The van der Waals surface area contributed by atoms with Crippen molar-refractivity contribution in [3.63, 3.8) is 0 Å². The Kier molecular flexibility index (Phi) is 6.94. The molecule has 0 bridgehead atoms. The molecule has 4 rings (SSSR count). The number of hydrogen-bond acceptors (Lipinski definition) is 6. The number of benzene rings is 3. The number of aliphatic carboxylic acids is 1. The summed E-state index contributed by atoms with van der Waals surface area (Å²) in [5.74, 6) is -2.37. The van der Waals surface area contributed by atoms with Gasteiger partial charge in [-0.2, -0.15) is 0 Å². The molecule has 1 amide bonds. The molecule has 4 N–H and O–H groups in total. The summed E-state index contributed by atoms with van der Waals surface area (Å²) in [6.07, 6.45) is -1.73. The molecule has 11 heteroatoms. The summed E-state index contributed by atoms with van der Waals surface area (Å²) in [6.45, 7) is 0. The first-order valence-corrected chi connectivity index (χ1v) is 10.9. The number of fused-ring (bicyclic) bond motifs is 1. The zero-order chi connectivity index (χ0) is 25.1. The van der Waals surface area contributed by atoms with E-state index in [-0.39, 0.29) is 23.9 Å². The summed E-state index contributed by atoms with van der Waals surface area (Å²) >= 11 is 5.97. The molecule has 35 heavy (non-hydrogen) atoms. The normalized spacial score (nSPS) is 12.9. The number of hydrogen-bond donors (Lipinski definition) is 4. The number of carbonyl (C=O) groups is 2. The van der Waals surface area contributed by atoms with Crippen molar-refractivity contribution < 1.29 is 29.4 Å². The molecule has 0 unspecified atom stereocenters. The minimum absolute atomic E-state index is 0.191. The van der Waals surface area contributed by atoms with Gasteiger partial charge >= 0.3 is 5.97 Å². The van der Waals surface area contributed by atoms with Crippen molar-refractivity contribution in [1.29, 1.82) is 0 Å². The number of nitrogens with zero attached hydrogens (tertiary/aromatic N) is 3. The van der Waals surface area contributed by atoms with Crippen molar-refractivity contribution in [2.45, 2.75) is 25.0 Å². The van der Waals surface area contributed by atoms with E-state index in [1.54, 1.807) is 24.3 Å². The predicted molar refractivity (Wildman–Crippen MR) is 125 cm³/mol. The number of carbonyl (C=O) groups excluding carboxylic acids is 1. The van der Waals surface area contributed by atoms with Crippen molar-refractivity contribution in [3.8, 4) is 11.1 Å². The van der Waals surface area contributed by atoms with Crippen LogP contribution in [-0.4, -0.2) is 54.6 Å². The molecule has 0 fully saturated rings. The maximum absolute atomic E-state index is 14.2. The maximum atomic E-state index is 14.2. The topological polar surface area (TPSA) is 138 Å². The summed E-state index contributed by atoms with van der Waals surface area (Å²) in [5, 5.41) is 39.1. The highest BCUT2D eigenvalue weighted by molar-refractivity contribution is 6.30. The number of carboxylic acids is 1. The molecular weight excluding hydrogens is 479 g/mol. The monoisotopic (exact) mass is 498 g/mol. The lowest BCUT2D eigenvalue weighted by molar-refractivity contribution is -0.147. The number of aromatic nitrogens is 3. The van der Waals surface area contributed by atoms with Gasteiger partial charge in [-0.3, -0.25) is 4.79 Å². The Balaban J connectivity index is 1.54. The summed E-state index contributed by atoms with van der Waals surface area (Å²) in [4.78, 5) is 24.6. The van der Waals surface area contributed by atoms with E-state index in [4.69, 9.17) is 16.7 Å². The largest absolute Gasteiger partial charge is 0.479 e. The van der Waals surface area contributed by atoms with Gasteiger partial charge in [0, 0.05) is 28.6 Å². The molecular formula is C24H20ClFN4O5. The molecule has 0 aliphatic heterocycles. The van der Waals surface area contributed by atoms with Crippen molar-refractivity contribution in [2.24, 2.45) is 0 Å². The molecule has 9 nitrogen and oxygen atoms in total. The second kappa shape index (κ2) is 10.1. The van der Waals surface area contributed by atoms with Crippen molar-refractivity contribution in [3.05, 3.63) is 82.6 Å². The first-order chi connectivity index (χ1) is 16.7. The second-order valence-electron chi connectivity index (χ2n) is 7.97. The fourth-order valence-electron chi connectivity index (χ4n) is 3.70. The average molecular weight is 499 g/mol. The molecule has 0 spiro atoms. The van der Waals surface area contributed by atoms with Crippen LogP contribution in [0.2, 0.25) is 5.02 Å². The Hall–Kier alpha value is -4.02. The van der Waals surface area contributed by atoms with Gasteiger partial charge in [0.25, 0.3) is 5.91 Å². The van der Waals surface area contributed by atoms with Crippen LogP contribution in [0.15, 0.2) is 60.7 Å². The zero-order valence-electron chi connectivity index (χ0n) is 18.1. The second-order valence-corrected chi connectivity index (χ2v) is 8.40. The first-order valence-electron chi connectivity index (χ1n) is 10.5. The molecule has 0 radical (unpaired) electrons. The molecule has 180 valence electrons. The third-order valence-corrected chi connectivity index (χ3v) is 5.73. The molecule has 2 atom stereocenters. The SMILES string of the molecule is O=C(N[C@H](Cc1ccc(-c2cc(Cl)ccc2F)cc1)C[C@@H](O)C(=O)O)c1ccc2nnn(O)c2c1. The molecule has 0 aliphatic carbocycles. The highest BCUT2D eigenvalue weighted by atomic mass is 35.5. The van der Waals surface area contributed by atoms with Crippen LogP contribution in [0.25, 0.3) is 22.2 Å². The van der Waals surface area contributed by atoms with Crippen LogP contribution in [0, 0.1) is 5.82 Å². The molecule has 1 aromatic heterocycles. The Bertz CT molecular complexity index is 1390. The minimum Gasteiger partial charge on any atom is -0.479 e. The fraction of sp³-hybridized carbons (Fsp3) is 0.167. The van der Waals surface area contributed by atoms with E-state index in [1.807, 2.05) is 0 Å². The third-order valence-electron chi connectivity index (χ3n) is 5.49. The number of aliphatic hydroxyl groups is 1. The Morgan fingerprint density at radius 3 is 2.54 bits per heavy atom. The number of carboxylic acid groups (broad SMARTS) is 1. The van der Waals surface area contributed by atoms with Crippen LogP contribution < -0.4 is 5.32 Å². The summed E-state index contributed by atoms with van der Waals surface area (Å²) < 4.78 is 14.2.